The van der Waals surface area contributed by atoms with E-state index in [9.17, 15) is 8.42 Å². The zero-order valence-electron chi connectivity index (χ0n) is 11.0. The van der Waals surface area contributed by atoms with E-state index in [0.717, 1.165) is 12.0 Å². The number of aliphatic hydroxyl groups excluding tert-OH is 1. The van der Waals surface area contributed by atoms with Crippen molar-refractivity contribution in [1.29, 1.82) is 0 Å². The summed E-state index contributed by atoms with van der Waals surface area (Å²) in [6.07, 6.45) is 1.89. The number of sulfonamides is 1. The summed E-state index contributed by atoms with van der Waals surface area (Å²) < 4.78 is 26.0. The molecule has 0 bridgehead atoms. The lowest BCUT2D eigenvalue weighted by Gasteiger charge is -2.07. The maximum absolute atomic E-state index is 11.8. The van der Waals surface area contributed by atoms with Crippen LogP contribution >= 0.6 is 0 Å². The molecule has 5 heteroatoms. The Bertz CT molecular complexity index is 556. The molecular weight excluding hydrogens is 262 g/mol. The number of anilines is 1. The predicted octanol–water partition coefficient (Wildman–Crippen LogP) is 1.96. The van der Waals surface area contributed by atoms with Crippen LogP contribution in [-0.4, -0.2) is 25.9 Å². The molecule has 1 aromatic carbocycles. The van der Waals surface area contributed by atoms with Gasteiger partial charge in [-0.15, -0.1) is 0 Å². The van der Waals surface area contributed by atoms with E-state index in [1.165, 1.54) is 0 Å². The SMILES string of the molecule is CCCCS(=O)(=O)Nc1cccc(C#CCCO)c1. The lowest BCUT2D eigenvalue weighted by Crippen LogP contribution is -2.16. The third kappa shape index (κ3) is 6.27. The molecule has 19 heavy (non-hydrogen) atoms. The van der Waals surface area contributed by atoms with E-state index in [1.807, 2.05) is 6.92 Å². The highest BCUT2D eigenvalue weighted by Gasteiger charge is 2.09. The van der Waals surface area contributed by atoms with Crippen LogP contribution in [0.3, 0.4) is 0 Å². The Labute approximate surface area is 114 Å². The van der Waals surface area contributed by atoms with Gasteiger partial charge in [0.15, 0.2) is 0 Å². The van der Waals surface area contributed by atoms with Gasteiger partial charge in [0, 0.05) is 17.7 Å². The van der Waals surface area contributed by atoms with E-state index in [4.69, 9.17) is 5.11 Å². The molecule has 0 heterocycles. The van der Waals surface area contributed by atoms with Gasteiger partial charge in [-0.05, 0) is 24.6 Å². The summed E-state index contributed by atoms with van der Waals surface area (Å²) in [5.41, 5.74) is 1.25. The number of rotatable bonds is 6. The van der Waals surface area contributed by atoms with Crippen molar-refractivity contribution in [2.45, 2.75) is 26.2 Å². The van der Waals surface area contributed by atoms with Crippen LogP contribution < -0.4 is 4.72 Å². The summed E-state index contributed by atoms with van der Waals surface area (Å²) in [7, 11) is -3.28. The van der Waals surface area contributed by atoms with E-state index in [2.05, 4.69) is 16.6 Å². The molecule has 0 aliphatic heterocycles. The van der Waals surface area contributed by atoms with E-state index < -0.39 is 10.0 Å². The lowest BCUT2D eigenvalue weighted by atomic mass is 10.2. The Morgan fingerprint density at radius 2 is 2.16 bits per heavy atom. The number of hydrogen-bond acceptors (Lipinski definition) is 3. The van der Waals surface area contributed by atoms with Crippen LogP contribution in [0.5, 0.6) is 0 Å². The maximum Gasteiger partial charge on any atom is 0.232 e. The first-order valence-corrected chi connectivity index (χ1v) is 7.93. The van der Waals surface area contributed by atoms with Gasteiger partial charge in [0.05, 0.1) is 12.4 Å². The van der Waals surface area contributed by atoms with Crippen molar-refractivity contribution < 1.29 is 13.5 Å². The van der Waals surface area contributed by atoms with Crippen LogP contribution in [0.1, 0.15) is 31.7 Å². The molecule has 0 aromatic heterocycles. The summed E-state index contributed by atoms with van der Waals surface area (Å²) >= 11 is 0. The highest BCUT2D eigenvalue weighted by molar-refractivity contribution is 7.92. The first-order valence-electron chi connectivity index (χ1n) is 6.27. The second kappa shape index (κ2) is 7.82. The van der Waals surface area contributed by atoms with Crippen molar-refractivity contribution in [3.63, 3.8) is 0 Å². The highest BCUT2D eigenvalue weighted by atomic mass is 32.2. The molecule has 1 aromatic rings. The first kappa shape index (κ1) is 15.5. The summed E-state index contributed by atoms with van der Waals surface area (Å²) in [6.45, 7) is 1.98. The molecule has 0 spiro atoms. The second-order valence-corrected chi connectivity index (χ2v) is 5.97. The summed E-state index contributed by atoms with van der Waals surface area (Å²) in [6, 6.07) is 6.93. The van der Waals surface area contributed by atoms with E-state index in [1.54, 1.807) is 24.3 Å². The fraction of sp³-hybridized carbons (Fsp3) is 0.429. The van der Waals surface area contributed by atoms with Gasteiger partial charge in [-0.25, -0.2) is 8.42 Å². The zero-order chi connectivity index (χ0) is 14.1. The molecule has 0 aliphatic carbocycles. The number of unbranched alkanes of at least 4 members (excludes halogenated alkanes) is 1. The summed E-state index contributed by atoms with van der Waals surface area (Å²) in [5.74, 6) is 5.80. The molecule has 104 valence electrons. The molecule has 1 rings (SSSR count). The topological polar surface area (TPSA) is 66.4 Å². The van der Waals surface area contributed by atoms with Gasteiger partial charge in [-0.1, -0.05) is 31.3 Å². The average molecular weight is 281 g/mol. The number of benzene rings is 1. The Balaban J connectivity index is 2.75. The van der Waals surface area contributed by atoms with Gasteiger partial charge in [-0.2, -0.15) is 0 Å². The normalized spacial score (nSPS) is 10.6. The zero-order valence-corrected chi connectivity index (χ0v) is 11.8. The Hall–Kier alpha value is -1.51. The van der Waals surface area contributed by atoms with Gasteiger partial charge in [0.1, 0.15) is 0 Å². The molecule has 0 fully saturated rings. The van der Waals surface area contributed by atoms with Crippen molar-refractivity contribution in [2.75, 3.05) is 17.1 Å². The smallest absolute Gasteiger partial charge is 0.232 e. The third-order valence-electron chi connectivity index (χ3n) is 2.37. The molecule has 4 nitrogen and oxygen atoms in total. The molecule has 0 saturated heterocycles. The van der Waals surface area contributed by atoms with Gasteiger partial charge < -0.3 is 5.11 Å². The van der Waals surface area contributed by atoms with Crippen LogP contribution in [0.4, 0.5) is 5.69 Å². The van der Waals surface area contributed by atoms with E-state index in [-0.39, 0.29) is 12.4 Å². The van der Waals surface area contributed by atoms with Crippen LogP contribution in [0.15, 0.2) is 24.3 Å². The van der Waals surface area contributed by atoms with Crippen molar-refractivity contribution >= 4 is 15.7 Å². The monoisotopic (exact) mass is 281 g/mol. The molecule has 0 saturated carbocycles. The molecule has 0 atom stereocenters. The highest BCUT2D eigenvalue weighted by Crippen LogP contribution is 2.12. The molecule has 0 unspecified atom stereocenters. The Kier molecular flexibility index (Phi) is 6.40. The largest absolute Gasteiger partial charge is 0.395 e. The standard InChI is InChI=1S/C14H19NO3S/c1-2-3-11-19(17,18)15-14-9-6-8-13(12-14)7-4-5-10-16/h6,8-9,12,15-16H,2-3,5,10-11H2,1H3. The maximum atomic E-state index is 11.8. The molecule has 0 amide bonds. The van der Waals surface area contributed by atoms with E-state index >= 15 is 0 Å². The van der Waals surface area contributed by atoms with Crippen molar-refractivity contribution in [3.8, 4) is 11.8 Å². The van der Waals surface area contributed by atoms with E-state index in [0.29, 0.717) is 18.5 Å². The van der Waals surface area contributed by atoms with Crippen molar-refractivity contribution in [2.24, 2.45) is 0 Å². The van der Waals surface area contributed by atoms with Gasteiger partial charge in [0.25, 0.3) is 0 Å². The van der Waals surface area contributed by atoms with Gasteiger partial charge >= 0.3 is 0 Å². The number of nitrogens with one attached hydrogen (secondary N) is 1. The van der Waals surface area contributed by atoms with Crippen LogP contribution in [-0.2, 0) is 10.0 Å². The fourth-order valence-electron chi connectivity index (χ4n) is 1.45. The quantitative estimate of drug-likeness (QED) is 0.783. The first-order chi connectivity index (χ1) is 9.07. The van der Waals surface area contributed by atoms with Crippen LogP contribution in [0.25, 0.3) is 0 Å². The lowest BCUT2D eigenvalue weighted by molar-refractivity contribution is 0.305. The van der Waals surface area contributed by atoms with Crippen LogP contribution in [0, 0.1) is 11.8 Å². The van der Waals surface area contributed by atoms with Crippen molar-refractivity contribution in [1.82, 2.24) is 0 Å². The molecule has 2 N–H and O–H groups in total. The third-order valence-corrected chi connectivity index (χ3v) is 3.74. The summed E-state index contributed by atoms with van der Waals surface area (Å²) in [5, 5.41) is 8.64. The predicted molar refractivity (Wildman–Crippen MR) is 77.3 cm³/mol. The minimum absolute atomic E-state index is 0.0241. The fourth-order valence-corrected chi connectivity index (χ4v) is 2.70. The Morgan fingerprint density at radius 3 is 2.84 bits per heavy atom. The summed E-state index contributed by atoms with van der Waals surface area (Å²) in [4.78, 5) is 0. The Morgan fingerprint density at radius 1 is 1.37 bits per heavy atom. The number of hydrogen-bond donors (Lipinski definition) is 2. The average Bonchev–Trinajstić information content (AvgIpc) is 2.37. The molecular formula is C14H19NO3S. The number of aliphatic hydroxyl groups is 1. The van der Waals surface area contributed by atoms with Gasteiger partial charge in [-0.3, -0.25) is 4.72 Å². The van der Waals surface area contributed by atoms with Crippen LogP contribution in [0.2, 0.25) is 0 Å². The second-order valence-electron chi connectivity index (χ2n) is 4.13. The molecule has 0 aliphatic rings. The van der Waals surface area contributed by atoms with Crippen molar-refractivity contribution in [3.05, 3.63) is 29.8 Å². The minimum Gasteiger partial charge on any atom is -0.395 e. The minimum atomic E-state index is -3.28. The molecule has 0 radical (unpaired) electrons. The van der Waals surface area contributed by atoms with Gasteiger partial charge in [0.2, 0.25) is 10.0 Å².